The van der Waals surface area contributed by atoms with Crippen molar-refractivity contribution < 1.29 is 68.9 Å². The second-order valence-corrected chi connectivity index (χ2v) is 1.67. The van der Waals surface area contributed by atoms with Gasteiger partial charge in [-0.05, 0) is 0 Å². The maximum absolute atomic E-state index is 8.61. The summed E-state index contributed by atoms with van der Waals surface area (Å²) >= 11 is -4.28. The molecule has 0 aliphatic heterocycles. The normalized spacial score (nSPS) is 4.00. The summed E-state index contributed by atoms with van der Waals surface area (Å²) in [5.74, 6) is 0. The molecule has 0 aliphatic rings. The van der Waals surface area contributed by atoms with Gasteiger partial charge in [-0.25, -0.2) is 0 Å². The van der Waals surface area contributed by atoms with Gasteiger partial charge in [-0.1, -0.05) is 0 Å². The van der Waals surface area contributed by atoms with Gasteiger partial charge < -0.3 is 0 Å². The van der Waals surface area contributed by atoms with Gasteiger partial charge in [0.05, 0.1) is 0 Å². The van der Waals surface area contributed by atoms with Gasteiger partial charge in [0.15, 0.2) is 0 Å². The van der Waals surface area contributed by atoms with Crippen molar-refractivity contribution >= 4 is 0 Å². The third-order valence-corrected chi connectivity index (χ3v) is 0. The topological polar surface area (TPSA) is 51.2 Å². The number of hydrogen-bond donors (Lipinski definition) is 0. The minimum atomic E-state index is -4.28. The first-order valence-corrected chi connectivity index (χ1v) is 4.09. The maximum atomic E-state index is 8.61. The molecule has 0 saturated carbocycles. The van der Waals surface area contributed by atoms with E-state index in [1.165, 1.54) is 0 Å². The Morgan fingerprint density at radius 1 is 1.00 bits per heavy atom. The van der Waals surface area contributed by atoms with E-state index in [-0.39, 0.29) is 41.5 Å². The van der Waals surface area contributed by atoms with Crippen molar-refractivity contribution in [1.29, 1.82) is 0 Å². The summed E-state index contributed by atoms with van der Waals surface area (Å²) < 4.78 is 25.8. The summed E-state index contributed by atoms with van der Waals surface area (Å²) in [6.45, 7) is 0. The summed E-state index contributed by atoms with van der Waals surface area (Å²) in [5.41, 5.74) is 0. The molecular formula is O3PdPtW. The summed E-state index contributed by atoms with van der Waals surface area (Å²) in [7, 11) is 0. The van der Waals surface area contributed by atoms with Crippen LogP contribution in [0.4, 0.5) is 0 Å². The molecule has 0 aromatic rings. The predicted molar refractivity (Wildman–Crippen MR) is 2.06 cm³/mol. The van der Waals surface area contributed by atoms with Gasteiger partial charge in [-0.2, -0.15) is 0 Å². The molecule has 0 atom stereocenters. The van der Waals surface area contributed by atoms with Crippen LogP contribution >= 0.6 is 0 Å². The molecule has 6 heteroatoms. The van der Waals surface area contributed by atoms with E-state index in [1.807, 2.05) is 0 Å². The largest absolute Gasteiger partial charge is 0 e. The molecule has 0 unspecified atom stereocenters. The summed E-state index contributed by atoms with van der Waals surface area (Å²) in [5, 5.41) is 0. The van der Waals surface area contributed by atoms with Gasteiger partial charge in [0.25, 0.3) is 0 Å². The minimum Gasteiger partial charge on any atom is 0 e. The smallest absolute Gasteiger partial charge is 0 e. The van der Waals surface area contributed by atoms with E-state index in [1.54, 1.807) is 0 Å². The van der Waals surface area contributed by atoms with Crippen LogP contribution in [0.2, 0.25) is 0 Å². The molecule has 0 aliphatic carbocycles. The van der Waals surface area contributed by atoms with Crippen LogP contribution in [-0.4, -0.2) is 0 Å². The molecule has 0 bridgehead atoms. The van der Waals surface area contributed by atoms with Crippen molar-refractivity contribution in [2.24, 2.45) is 0 Å². The molecule has 0 amide bonds. The SMILES string of the molecule is [O]=[W](=[O])=[O].[Pd].[Pt]. The van der Waals surface area contributed by atoms with E-state index >= 15 is 0 Å². The molecule has 0 aromatic carbocycles. The van der Waals surface area contributed by atoms with Gasteiger partial charge in [0.2, 0.25) is 0 Å². The van der Waals surface area contributed by atoms with Crippen LogP contribution in [0.25, 0.3) is 0 Å². The zero-order valence-corrected chi connectivity index (χ0v) is 9.03. The fourth-order valence-corrected chi connectivity index (χ4v) is 0. The molecule has 6 heavy (non-hydrogen) atoms. The zero-order valence-electron chi connectivity index (χ0n) is 2.27. The molecule has 0 aromatic heterocycles. The Bertz CT molecular complexity index is 80.2. The van der Waals surface area contributed by atoms with Crippen molar-refractivity contribution in [3.05, 3.63) is 0 Å². The Kier molecular flexibility index (Phi) is 25.2. The summed E-state index contributed by atoms with van der Waals surface area (Å²) in [4.78, 5) is 0. The maximum Gasteiger partial charge on any atom is 0 e. The van der Waals surface area contributed by atoms with Crippen LogP contribution in [-0.2, 0) is 68.9 Å². The Labute approximate surface area is 68.3 Å². The first-order valence-electron chi connectivity index (χ1n) is 0.500. The quantitative estimate of drug-likeness (QED) is 0.400. The molecule has 0 heterocycles. The Balaban J connectivity index is -0.0000000450. The van der Waals surface area contributed by atoms with Gasteiger partial charge >= 0.3 is 27.4 Å². The van der Waals surface area contributed by atoms with Crippen molar-refractivity contribution in [3.8, 4) is 0 Å². The van der Waals surface area contributed by atoms with E-state index in [4.69, 9.17) is 10.2 Å². The summed E-state index contributed by atoms with van der Waals surface area (Å²) in [6.07, 6.45) is 0. The van der Waals surface area contributed by atoms with Crippen LogP contribution in [0.1, 0.15) is 0 Å². The van der Waals surface area contributed by atoms with Crippen LogP contribution in [0, 0.1) is 0 Å². The monoisotopic (exact) mass is 533 g/mol. The average molecular weight is 533 g/mol. The molecule has 0 rings (SSSR count). The first-order chi connectivity index (χ1) is 1.73. The van der Waals surface area contributed by atoms with Crippen molar-refractivity contribution in [2.45, 2.75) is 0 Å². The molecule has 0 saturated heterocycles. The standard InChI is InChI=1S/3O.Pd.Pt.W. The first kappa shape index (κ1) is 15.7. The Morgan fingerprint density at radius 3 is 1.00 bits per heavy atom. The van der Waals surface area contributed by atoms with E-state index < -0.39 is 17.2 Å². The fourth-order valence-electron chi connectivity index (χ4n) is 0. The van der Waals surface area contributed by atoms with Gasteiger partial charge in [-0.15, -0.1) is 0 Å². The summed E-state index contributed by atoms with van der Waals surface area (Å²) in [6, 6.07) is 0. The molecular weight excluding hydrogens is 533 g/mol. The average Bonchev–Trinajstić information content (AvgIpc) is 0.811. The van der Waals surface area contributed by atoms with E-state index in [0.717, 1.165) is 0 Å². The third-order valence-electron chi connectivity index (χ3n) is 0. The van der Waals surface area contributed by atoms with Crippen molar-refractivity contribution in [3.63, 3.8) is 0 Å². The van der Waals surface area contributed by atoms with E-state index in [9.17, 15) is 0 Å². The van der Waals surface area contributed by atoms with Crippen LogP contribution < -0.4 is 0 Å². The predicted octanol–water partition coefficient (Wildman–Crippen LogP) is -0.364. The molecule has 0 fully saturated rings. The molecule has 44 valence electrons. The Morgan fingerprint density at radius 2 is 1.00 bits per heavy atom. The van der Waals surface area contributed by atoms with Gasteiger partial charge in [0, 0.05) is 41.5 Å². The molecule has 0 spiro atoms. The second-order valence-electron chi connectivity index (χ2n) is 0.204. The van der Waals surface area contributed by atoms with Crippen LogP contribution in [0.3, 0.4) is 0 Å². The van der Waals surface area contributed by atoms with Gasteiger partial charge in [-0.3, -0.25) is 0 Å². The molecule has 0 N–H and O–H groups in total. The molecule has 3 nitrogen and oxygen atoms in total. The Hall–Kier alpha value is 1.44. The van der Waals surface area contributed by atoms with Crippen molar-refractivity contribution in [1.82, 2.24) is 0 Å². The van der Waals surface area contributed by atoms with Crippen LogP contribution in [0.5, 0.6) is 0 Å². The van der Waals surface area contributed by atoms with Crippen LogP contribution in [0.15, 0.2) is 0 Å². The minimum absolute atomic E-state index is 0. The number of rotatable bonds is 0. The van der Waals surface area contributed by atoms with Gasteiger partial charge in [0.1, 0.15) is 0 Å². The number of hydrogen-bond acceptors (Lipinski definition) is 3. The fraction of sp³-hybridized carbons (Fsp3) is 0. The third kappa shape index (κ3) is 51.8. The zero-order chi connectivity index (χ0) is 3.58. The van der Waals surface area contributed by atoms with E-state index in [0.29, 0.717) is 0 Å². The van der Waals surface area contributed by atoms with E-state index in [2.05, 4.69) is 0 Å². The second kappa shape index (κ2) is 9.67. The van der Waals surface area contributed by atoms with Crippen molar-refractivity contribution in [2.75, 3.05) is 0 Å². The molecule has 0 radical (unpaired) electrons.